The summed E-state index contributed by atoms with van der Waals surface area (Å²) in [7, 11) is 3.26. The fraction of sp³-hybridized carbons (Fsp3) is 0.519. The summed E-state index contributed by atoms with van der Waals surface area (Å²) in [6.45, 7) is 5.01. The first-order valence-corrected chi connectivity index (χ1v) is 11.9. The molecule has 0 radical (unpaired) electrons. The number of methoxy groups -OCH3 is 2. The summed E-state index contributed by atoms with van der Waals surface area (Å²) >= 11 is 0. The molecule has 0 bridgehead atoms. The molecule has 178 valence electrons. The van der Waals surface area contributed by atoms with Crippen molar-refractivity contribution >= 4 is 11.6 Å². The predicted octanol–water partition coefficient (Wildman–Crippen LogP) is 4.63. The normalized spacial score (nSPS) is 25.2. The predicted molar refractivity (Wildman–Crippen MR) is 130 cm³/mol. The number of hydrogen-bond acceptors (Lipinski definition) is 5. The summed E-state index contributed by atoms with van der Waals surface area (Å²) in [5, 5.41) is 14.6. The van der Waals surface area contributed by atoms with Gasteiger partial charge in [-0.1, -0.05) is 36.6 Å². The van der Waals surface area contributed by atoms with E-state index < -0.39 is 5.60 Å². The number of carbonyl (C=O) groups excluding carboxylic acids is 1. The zero-order chi connectivity index (χ0) is 23.6. The number of anilines is 1. The Labute approximate surface area is 196 Å². The first-order chi connectivity index (χ1) is 15.8. The molecule has 2 aromatic rings. The maximum atomic E-state index is 13.1. The number of nitrogens with zero attached hydrogens (tertiary/aromatic N) is 1. The fourth-order valence-electron chi connectivity index (χ4n) is 5.73. The summed E-state index contributed by atoms with van der Waals surface area (Å²) in [6, 6.07) is 11.9. The third-order valence-electron chi connectivity index (χ3n) is 7.42. The van der Waals surface area contributed by atoms with E-state index in [2.05, 4.69) is 16.3 Å². The Hall–Kier alpha value is -2.57. The number of ether oxygens (including phenoxy) is 2. The van der Waals surface area contributed by atoms with Gasteiger partial charge >= 0.3 is 0 Å². The molecule has 1 saturated carbocycles. The molecule has 3 atom stereocenters. The number of likely N-dealkylation sites (tertiary alicyclic amines) is 1. The maximum absolute atomic E-state index is 13.1. The smallest absolute Gasteiger partial charge is 0.238 e. The van der Waals surface area contributed by atoms with E-state index in [0.717, 1.165) is 42.5 Å². The maximum Gasteiger partial charge on any atom is 0.238 e. The molecule has 4 rings (SSSR count). The van der Waals surface area contributed by atoms with E-state index in [-0.39, 0.29) is 24.4 Å². The van der Waals surface area contributed by atoms with Gasteiger partial charge in [-0.15, -0.1) is 0 Å². The molecular weight excluding hydrogens is 416 g/mol. The average molecular weight is 453 g/mol. The van der Waals surface area contributed by atoms with Crippen LogP contribution in [0.5, 0.6) is 11.5 Å². The lowest BCUT2D eigenvalue weighted by molar-refractivity contribution is -0.135. The zero-order valence-corrected chi connectivity index (χ0v) is 20.2. The summed E-state index contributed by atoms with van der Waals surface area (Å²) in [4.78, 5) is 15.3. The Kier molecular flexibility index (Phi) is 6.96. The fourth-order valence-corrected chi connectivity index (χ4v) is 5.73. The Morgan fingerprint density at radius 2 is 1.88 bits per heavy atom. The molecule has 1 heterocycles. The van der Waals surface area contributed by atoms with Crippen LogP contribution >= 0.6 is 0 Å². The third-order valence-corrected chi connectivity index (χ3v) is 7.42. The van der Waals surface area contributed by atoms with Crippen molar-refractivity contribution in [3.8, 4) is 11.5 Å². The van der Waals surface area contributed by atoms with Gasteiger partial charge < -0.3 is 19.9 Å². The molecule has 1 aliphatic carbocycles. The van der Waals surface area contributed by atoms with Gasteiger partial charge in [-0.2, -0.15) is 0 Å². The van der Waals surface area contributed by atoms with E-state index in [1.54, 1.807) is 14.2 Å². The van der Waals surface area contributed by atoms with Crippen molar-refractivity contribution in [3.05, 3.63) is 53.1 Å². The molecular formula is C27H36N2O4. The number of carbonyl (C=O) groups is 1. The van der Waals surface area contributed by atoms with Gasteiger partial charge in [0, 0.05) is 24.2 Å². The molecule has 0 aromatic heterocycles. The van der Waals surface area contributed by atoms with Crippen LogP contribution in [0.15, 0.2) is 36.4 Å². The lowest BCUT2D eigenvalue weighted by Crippen LogP contribution is -2.56. The van der Waals surface area contributed by atoms with Crippen molar-refractivity contribution in [2.24, 2.45) is 5.92 Å². The lowest BCUT2D eigenvalue weighted by atomic mass is 9.66. The van der Waals surface area contributed by atoms with Crippen molar-refractivity contribution in [2.45, 2.75) is 57.6 Å². The van der Waals surface area contributed by atoms with E-state index in [4.69, 9.17) is 9.47 Å². The topological polar surface area (TPSA) is 71.0 Å². The third kappa shape index (κ3) is 4.87. The number of rotatable bonds is 6. The van der Waals surface area contributed by atoms with Crippen molar-refractivity contribution in [1.82, 2.24) is 4.90 Å². The minimum atomic E-state index is -0.684. The summed E-state index contributed by atoms with van der Waals surface area (Å²) in [5.41, 5.74) is 3.44. The molecule has 1 aliphatic heterocycles. The number of nitrogens with one attached hydrogen (secondary N) is 1. The van der Waals surface area contributed by atoms with Crippen LogP contribution in [-0.2, 0) is 4.79 Å². The van der Waals surface area contributed by atoms with Gasteiger partial charge in [0.2, 0.25) is 5.91 Å². The standard InChI is InChI=1S/C27H36N2O4/c1-18-8-10-22(19(2)15-18)28-25(30)17-29-14-13-27(31)12-6-5-7-21(27)26(29)20-9-11-23(32-3)24(16-20)33-4/h8-11,15-16,21,26,31H,5-7,12-14,17H2,1-4H3,(H,28,30)/t21-,26+,27+/m0/s1. The summed E-state index contributed by atoms with van der Waals surface area (Å²) in [6.07, 6.45) is 4.62. The minimum absolute atomic E-state index is 0.0336. The number of amides is 1. The van der Waals surface area contributed by atoms with Crippen LogP contribution in [0.2, 0.25) is 0 Å². The van der Waals surface area contributed by atoms with Crippen molar-refractivity contribution < 1.29 is 19.4 Å². The number of aryl methyl sites for hydroxylation is 2. The molecule has 0 unspecified atom stereocenters. The monoisotopic (exact) mass is 452 g/mol. The minimum Gasteiger partial charge on any atom is -0.493 e. The highest BCUT2D eigenvalue weighted by molar-refractivity contribution is 5.93. The van der Waals surface area contributed by atoms with Gasteiger partial charge in [0.1, 0.15) is 0 Å². The molecule has 6 nitrogen and oxygen atoms in total. The quantitative estimate of drug-likeness (QED) is 0.669. The van der Waals surface area contributed by atoms with Crippen LogP contribution in [-0.4, -0.2) is 48.8 Å². The largest absolute Gasteiger partial charge is 0.493 e. The molecule has 2 aliphatic rings. The van der Waals surface area contributed by atoms with Crippen molar-refractivity contribution in [2.75, 3.05) is 32.6 Å². The number of piperidine rings is 1. The van der Waals surface area contributed by atoms with E-state index in [0.29, 0.717) is 24.5 Å². The van der Waals surface area contributed by atoms with Crippen LogP contribution in [0, 0.1) is 19.8 Å². The Bertz CT molecular complexity index is 1010. The van der Waals surface area contributed by atoms with Crippen LogP contribution in [0.4, 0.5) is 5.69 Å². The van der Waals surface area contributed by atoms with Gasteiger partial charge in [0.15, 0.2) is 11.5 Å². The zero-order valence-electron chi connectivity index (χ0n) is 20.2. The van der Waals surface area contributed by atoms with E-state index in [1.807, 2.05) is 44.2 Å². The second-order valence-electron chi connectivity index (χ2n) is 9.60. The molecule has 2 aromatic carbocycles. The van der Waals surface area contributed by atoms with Crippen molar-refractivity contribution in [3.63, 3.8) is 0 Å². The Morgan fingerprint density at radius 3 is 2.61 bits per heavy atom. The molecule has 6 heteroatoms. The van der Waals surface area contributed by atoms with E-state index in [9.17, 15) is 9.90 Å². The lowest BCUT2D eigenvalue weighted by Gasteiger charge is -2.52. The van der Waals surface area contributed by atoms with Crippen molar-refractivity contribution in [1.29, 1.82) is 0 Å². The van der Waals surface area contributed by atoms with Gasteiger partial charge in [0.25, 0.3) is 0 Å². The van der Waals surface area contributed by atoms with E-state index >= 15 is 0 Å². The molecule has 2 N–H and O–H groups in total. The van der Waals surface area contributed by atoms with Crippen LogP contribution in [0.25, 0.3) is 0 Å². The first-order valence-electron chi connectivity index (χ1n) is 11.9. The second-order valence-corrected chi connectivity index (χ2v) is 9.60. The first kappa shape index (κ1) is 23.6. The molecule has 1 saturated heterocycles. The number of fused-ring (bicyclic) bond motifs is 1. The van der Waals surface area contributed by atoms with Gasteiger partial charge in [0.05, 0.1) is 26.4 Å². The number of hydrogen-bond donors (Lipinski definition) is 2. The van der Waals surface area contributed by atoms with Crippen LogP contribution in [0.1, 0.15) is 54.8 Å². The highest BCUT2D eigenvalue weighted by atomic mass is 16.5. The average Bonchev–Trinajstić information content (AvgIpc) is 2.80. The number of aliphatic hydroxyl groups is 1. The van der Waals surface area contributed by atoms with Gasteiger partial charge in [-0.3, -0.25) is 9.69 Å². The summed E-state index contributed by atoms with van der Waals surface area (Å²) in [5.74, 6) is 1.38. The van der Waals surface area contributed by atoms with Gasteiger partial charge in [-0.05, 0) is 62.4 Å². The van der Waals surface area contributed by atoms with E-state index in [1.165, 1.54) is 5.56 Å². The van der Waals surface area contributed by atoms with Crippen LogP contribution in [0.3, 0.4) is 0 Å². The Balaban J connectivity index is 1.62. The molecule has 1 amide bonds. The SMILES string of the molecule is COc1ccc([C@@H]2[C@@H]3CCCC[C@@]3(O)CCN2CC(=O)Nc2ccc(C)cc2C)cc1OC. The number of benzene rings is 2. The highest BCUT2D eigenvalue weighted by Crippen LogP contribution is 2.50. The molecule has 33 heavy (non-hydrogen) atoms. The molecule has 2 fully saturated rings. The Morgan fingerprint density at radius 1 is 1.09 bits per heavy atom. The van der Waals surface area contributed by atoms with Crippen LogP contribution < -0.4 is 14.8 Å². The second kappa shape index (κ2) is 9.74. The molecule has 0 spiro atoms. The highest BCUT2D eigenvalue weighted by Gasteiger charge is 2.49. The van der Waals surface area contributed by atoms with Gasteiger partial charge in [-0.25, -0.2) is 0 Å². The summed E-state index contributed by atoms with van der Waals surface area (Å²) < 4.78 is 11.0.